The Morgan fingerprint density at radius 1 is 0.783 bits per heavy atom. The van der Waals surface area contributed by atoms with Crippen molar-refractivity contribution in [2.45, 2.75) is 177 Å². The first kappa shape index (κ1) is 43.1. The average Bonchev–Trinajstić information content (AvgIpc) is 2.89. The van der Waals surface area contributed by atoms with Crippen molar-refractivity contribution in [3.63, 3.8) is 0 Å². The average molecular weight is 671 g/mol. The molecule has 0 N–H and O–H groups in total. The summed E-state index contributed by atoms with van der Waals surface area (Å²) in [6, 6.07) is 0. The second-order valence-electron chi connectivity index (χ2n) is 18.5. The molecule has 0 aromatic heterocycles. The molecule has 1 aliphatic carbocycles. The number of hydrogen-bond donors (Lipinski definition) is 0. The molecular formula is C42H78O2Si2. The molecule has 0 unspecified atom stereocenters. The summed E-state index contributed by atoms with van der Waals surface area (Å²) in [5, 5.41) is 0.496. The van der Waals surface area contributed by atoms with E-state index in [2.05, 4.69) is 140 Å². The largest absolute Gasteiger partial charge is 0.413 e. The first-order valence-corrected chi connectivity index (χ1v) is 24.3. The standard InChI is InChI=1S/C42H78O2Si2/c1-33(2)20-18-22-37(32-44-46(16,17)41(9,10)11)23-19-21-34(3)24-27-38-28-26-36(5)39(42(38,12)13)29-25-35(4)30-31-43-45(14,15)40(6,7)8/h20,23-24,30,38-39H,5,18-19,21-22,25-29,31-32H2,1-4,6-17H3/b34-24+,35-30+,37-23-/t38-,39+/m0/s1. The van der Waals surface area contributed by atoms with Gasteiger partial charge in [-0.1, -0.05) is 109 Å². The smallest absolute Gasteiger partial charge is 0.192 e. The lowest BCUT2D eigenvalue weighted by Crippen LogP contribution is -2.41. The summed E-state index contributed by atoms with van der Waals surface area (Å²) in [5.41, 5.74) is 7.60. The van der Waals surface area contributed by atoms with E-state index >= 15 is 0 Å². The first-order valence-electron chi connectivity index (χ1n) is 18.5. The Hall–Kier alpha value is -0.946. The Bertz CT molecular complexity index is 1080. The maximum atomic E-state index is 6.64. The summed E-state index contributed by atoms with van der Waals surface area (Å²) in [6.45, 7) is 43.5. The van der Waals surface area contributed by atoms with Crippen molar-refractivity contribution in [2.75, 3.05) is 13.2 Å². The molecule has 0 radical (unpaired) electrons. The molecule has 0 aromatic carbocycles. The van der Waals surface area contributed by atoms with E-state index in [4.69, 9.17) is 8.85 Å². The van der Waals surface area contributed by atoms with Gasteiger partial charge in [-0.25, -0.2) is 0 Å². The molecule has 0 saturated heterocycles. The highest BCUT2D eigenvalue weighted by Crippen LogP contribution is 2.51. The molecule has 1 saturated carbocycles. The van der Waals surface area contributed by atoms with Crippen LogP contribution in [0.25, 0.3) is 0 Å². The van der Waals surface area contributed by atoms with E-state index in [0.717, 1.165) is 45.3 Å². The molecule has 4 heteroatoms. The topological polar surface area (TPSA) is 18.5 Å². The highest BCUT2D eigenvalue weighted by molar-refractivity contribution is 6.74. The van der Waals surface area contributed by atoms with Crippen molar-refractivity contribution in [3.05, 3.63) is 58.7 Å². The molecule has 0 spiro atoms. The fourth-order valence-electron chi connectivity index (χ4n) is 6.02. The monoisotopic (exact) mass is 671 g/mol. The third-order valence-corrected chi connectivity index (χ3v) is 20.9. The molecule has 0 aromatic rings. The van der Waals surface area contributed by atoms with E-state index in [0.29, 0.717) is 11.8 Å². The molecule has 2 atom stereocenters. The van der Waals surface area contributed by atoms with Crippen molar-refractivity contribution < 1.29 is 8.85 Å². The number of hydrogen-bond acceptors (Lipinski definition) is 2. The minimum absolute atomic E-state index is 0.241. The molecule has 2 nitrogen and oxygen atoms in total. The van der Waals surface area contributed by atoms with E-state index in [1.165, 1.54) is 53.5 Å². The molecule has 1 fully saturated rings. The van der Waals surface area contributed by atoms with Crippen molar-refractivity contribution >= 4 is 16.6 Å². The Morgan fingerprint density at radius 2 is 1.33 bits per heavy atom. The van der Waals surface area contributed by atoms with Gasteiger partial charge < -0.3 is 8.85 Å². The van der Waals surface area contributed by atoms with Crippen LogP contribution < -0.4 is 0 Å². The highest BCUT2D eigenvalue weighted by atomic mass is 28.4. The first-order chi connectivity index (χ1) is 20.9. The van der Waals surface area contributed by atoms with E-state index < -0.39 is 16.6 Å². The molecule has 266 valence electrons. The predicted octanol–water partition coefficient (Wildman–Crippen LogP) is 14.2. The van der Waals surface area contributed by atoms with Crippen molar-refractivity contribution in [1.82, 2.24) is 0 Å². The van der Waals surface area contributed by atoms with Crippen LogP contribution in [0, 0.1) is 17.3 Å². The molecule has 1 aliphatic rings. The van der Waals surface area contributed by atoms with Crippen LogP contribution in [0.1, 0.15) is 141 Å². The predicted molar refractivity (Wildman–Crippen MR) is 213 cm³/mol. The summed E-state index contributed by atoms with van der Waals surface area (Å²) >= 11 is 0. The van der Waals surface area contributed by atoms with E-state index in [-0.39, 0.29) is 15.5 Å². The lowest BCUT2D eigenvalue weighted by atomic mass is 9.58. The van der Waals surface area contributed by atoms with Crippen molar-refractivity contribution in [3.8, 4) is 0 Å². The van der Waals surface area contributed by atoms with Gasteiger partial charge in [0.1, 0.15) is 0 Å². The molecular weight excluding hydrogens is 593 g/mol. The van der Waals surface area contributed by atoms with Gasteiger partial charge in [0.05, 0.1) is 13.2 Å². The van der Waals surface area contributed by atoms with Crippen LogP contribution in [0.4, 0.5) is 0 Å². The van der Waals surface area contributed by atoms with Gasteiger partial charge in [-0.05, 0) is 145 Å². The highest BCUT2D eigenvalue weighted by Gasteiger charge is 2.41. The van der Waals surface area contributed by atoms with Crippen molar-refractivity contribution in [2.24, 2.45) is 17.3 Å². The van der Waals surface area contributed by atoms with Crippen molar-refractivity contribution in [1.29, 1.82) is 0 Å². The summed E-state index contributed by atoms with van der Waals surface area (Å²) in [6.07, 6.45) is 20.1. The van der Waals surface area contributed by atoms with Crippen LogP contribution in [0.2, 0.25) is 36.3 Å². The lowest BCUT2D eigenvalue weighted by molar-refractivity contribution is 0.0950. The van der Waals surface area contributed by atoms with E-state index in [1.807, 2.05) is 0 Å². The zero-order valence-electron chi connectivity index (χ0n) is 33.8. The summed E-state index contributed by atoms with van der Waals surface area (Å²) in [7, 11) is -3.46. The zero-order valence-corrected chi connectivity index (χ0v) is 35.8. The van der Waals surface area contributed by atoms with Gasteiger partial charge in [-0.3, -0.25) is 0 Å². The SMILES string of the molecule is C=C1CC[C@H](C/C=C(\C)CC/C=C(/CCC=C(C)C)CO[Si](C)(C)C(C)(C)C)C(C)(C)[C@@H]1CC/C(C)=C/CO[Si](C)(C)C(C)(C)C. The van der Waals surface area contributed by atoms with Crippen LogP contribution in [-0.2, 0) is 8.85 Å². The van der Waals surface area contributed by atoms with E-state index in [1.54, 1.807) is 0 Å². The maximum Gasteiger partial charge on any atom is 0.192 e. The number of rotatable bonds is 17. The van der Waals surface area contributed by atoms with Crippen LogP contribution in [0.5, 0.6) is 0 Å². The third kappa shape index (κ3) is 14.3. The second-order valence-corrected chi connectivity index (χ2v) is 28.1. The van der Waals surface area contributed by atoms with Gasteiger partial charge in [0.2, 0.25) is 0 Å². The lowest BCUT2D eigenvalue weighted by Gasteiger charge is -2.47. The minimum Gasteiger partial charge on any atom is -0.413 e. The van der Waals surface area contributed by atoms with Gasteiger partial charge in [0.25, 0.3) is 0 Å². The molecule has 0 aliphatic heterocycles. The Kier molecular flexibility index (Phi) is 17.0. The fraction of sp³-hybridized carbons (Fsp3) is 0.762. The molecule has 1 rings (SSSR count). The van der Waals surface area contributed by atoms with Crippen LogP contribution in [0.3, 0.4) is 0 Å². The molecule has 46 heavy (non-hydrogen) atoms. The minimum atomic E-state index is -1.76. The molecule has 0 bridgehead atoms. The van der Waals surface area contributed by atoms with Gasteiger partial charge in [0, 0.05) is 0 Å². The maximum absolute atomic E-state index is 6.64. The normalized spacial score (nSPS) is 20.7. The number of allylic oxidation sites excluding steroid dienone is 7. The Labute approximate surface area is 290 Å². The quantitative estimate of drug-likeness (QED) is 0.113. The van der Waals surface area contributed by atoms with Gasteiger partial charge in [-0.15, -0.1) is 0 Å². The van der Waals surface area contributed by atoms with Gasteiger partial charge in [-0.2, -0.15) is 0 Å². The van der Waals surface area contributed by atoms with Gasteiger partial charge >= 0.3 is 0 Å². The Morgan fingerprint density at radius 3 is 1.89 bits per heavy atom. The molecule has 0 heterocycles. The third-order valence-electron chi connectivity index (χ3n) is 11.9. The van der Waals surface area contributed by atoms with E-state index in [9.17, 15) is 0 Å². The molecule has 0 amide bonds. The summed E-state index contributed by atoms with van der Waals surface area (Å²) in [5.74, 6) is 1.29. The van der Waals surface area contributed by atoms with Crippen LogP contribution in [-0.4, -0.2) is 29.8 Å². The zero-order chi connectivity index (χ0) is 35.6. The second kappa shape index (κ2) is 18.2. The van der Waals surface area contributed by atoms with Crippen LogP contribution >= 0.6 is 0 Å². The van der Waals surface area contributed by atoms with Gasteiger partial charge in [0.15, 0.2) is 16.6 Å². The summed E-state index contributed by atoms with van der Waals surface area (Å²) < 4.78 is 13.1. The summed E-state index contributed by atoms with van der Waals surface area (Å²) in [4.78, 5) is 0. The van der Waals surface area contributed by atoms with Crippen LogP contribution in [0.15, 0.2) is 58.7 Å². The fourth-order valence-corrected chi connectivity index (χ4v) is 7.93. The Balaban J connectivity index is 2.81.